The molecule has 0 radical (unpaired) electrons. The number of nitrogens with zero attached hydrogens (tertiary/aromatic N) is 4. The highest BCUT2D eigenvalue weighted by Gasteiger charge is 2.59. The standard InChI is InChI=1S/C47H74N8O13/c1-9-28(5)24-32-20-21-47(65,68-30(32)7)46(64,10-2)45(63)51-37-38(27(3)4)67-44(62)33(26-56)50-39(57)34-18-14-22-48-53(34)41(59)36(25-31-16-12-11-13-17-31)52(8)40(58)29(6)55(66)42(60)35-19-15-23-49-54(35)43(37)61/h11-13,16-17,27-30,32-38,48-49,56,64-66H,9-10,14-15,18-26H2,1-8H3,(H,50,57)(H,51,63)/t28?,29-,30?,32?,33?,34-,35-,36?,37?,38?,46?,47?/m0/s1. The molecule has 9 unspecified atom stereocenters. The summed E-state index contributed by atoms with van der Waals surface area (Å²) in [4.78, 5) is 103. The Hall–Kier alpha value is -4.77. The van der Waals surface area contributed by atoms with E-state index in [9.17, 15) is 49.3 Å². The van der Waals surface area contributed by atoms with Crippen LogP contribution in [0.15, 0.2) is 30.3 Å². The van der Waals surface area contributed by atoms with Crippen LogP contribution in [0.4, 0.5) is 0 Å². The highest BCUT2D eigenvalue weighted by atomic mass is 16.6. The van der Waals surface area contributed by atoms with E-state index in [2.05, 4.69) is 35.3 Å². The third kappa shape index (κ3) is 11.6. The van der Waals surface area contributed by atoms with Crippen LogP contribution in [0.2, 0.25) is 0 Å². The minimum atomic E-state index is -2.68. The van der Waals surface area contributed by atoms with E-state index >= 15 is 4.79 Å². The summed E-state index contributed by atoms with van der Waals surface area (Å²) in [6.45, 7) is 11.2. The summed E-state index contributed by atoms with van der Waals surface area (Å²) >= 11 is 0. The van der Waals surface area contributed by atoms with Crippen molar-refractivity contribution in [1.82, 2.24) is 41.5 Å². The number of hydroxylamine groups is 2. The first kappa shape index (κ1) is 54.2. The maximum Gasteiger partial charge on any atom is 0.331 e. The number of esters is 1. The molecule has 4 aliphatic rings. The fourth-order valence-corrected chi connectivity index (χ4v) is 9.63. The van der Waals surface area contributed by atoms with Gasteiger partial charge in [-0.2, -0.15) is 0 Å². The van der Waals surface area contributed by atoms with Crippen LogP contribution in [0.25, 0.3) is 0 Å². The van der Waals surface area contributed by atoms with Crippen LogP contribution in [0, 0.1) is 17.8 Å². The first-order chi connectivity index (χ1) is 32.1. The van der Waals surface area contributed by atoms with Crippen LogP contribution >= 0.6 is 0 Å². The van der Waals surface area contributed by atoms with Gasteiger partial charge in [-0.25, -0.2) is 20.7 Å². The summed E-state index contributed by atoms with van der Waals surface area (Å²) in [5.74, 6) is -9.97. The molecule has 0 spiro atoms. The molecule has 0 bridgehead atoms. The van der Waals surface area contributed by atoms with E-state index in [0.29, 0.717) is 30.7 Å². The molecule has 21 nitrogen and oxygen atoms in total. The van der Waals surface area contributed by atoms with Crippen LogP contribution < -0.4 is 21.5 Å². The molecular formula is C47H74N8O13. The number of hydrogen-bond donors (Lipinski definition) is 8. The van der Waals surface area contributed by atoms with E-state index in [4.69, 9.17) is 9.47 Å². The molecule has 1 aromatic carbocycles. The van der Waals surface area contributed by atoms with Crippen molar-refractivity contribution in [2.75, 3.05) is 26.7 Å². The number of rotatable bonds is 11. The second-order valence-electron chi connectivity index (χ2n) is 19.3. The van der Waals surface area contributed by atoms with Crippen molar-refractivity contribution >= 4 is 41.4 Å². The van der Waals surface area contributed by atoms with Gasteiger partial charge in [-0.1, -0.05) is 71.4 Å². The fraction of sp³-hybridized carbons (Fsp3) is 0.723. The summed E-state index contributed by atoms with van der Waals surface area (Å²) in [6, 6.07) is -0.631. The number of aliphatic hydroxyl groups is 3. The first-order valence-corrected chi connectivity index (χ1v) is 24.1. The molecule has 68 heavy (non-hydrogen) atoms. The number of benzene rings is 1. The first-order valence-electron chi connectivity index (χ1n) is 24.1. The van der Waals surface area contributed by atoms with Crippen LogP contribution in [-0.2, 0) is 49.5 Å². The van der Waals surface area contributed by atoms with E-state index in [1.165, 1.54) is 20.9 Å². The normalized spacial score (nSPS) is 32.2. The summed E-state index contributed by atoms with van der Waals surface area (Å²) < 4.78 is 12.1. The van der Waals surface area contributed by atoms with Crippen molar-refractivity contribution in [3.63, 3.8) is 0 Å². The number of carbonyl (C=O) groups excluding carboxylic acids is 7. The predicted octanol–water partition coefficient (Wildman–Crippen LogP) is 0.278. The van der Waals surface area contributed by atoms with Gasteiger partial charge < -0.3 is 40.3 Å². The molecule has 8 N–H and O–H groups in total. The van der Waals surface area contributed by atoms with Gasteiger partial charge >= 0.3 is 5.97 Å². The molecule has 4 fully saturated rings. The summed E-state index contributed by atoms with van der Waals surface area (Å²) in [5, 5.41) is 53.6. The molecule has 4 aliphatic heterocycles. The van der Waals surface area contributed by atoms with Crippen LogP contribution in [0.5, 0.6) is 0 Å². The van der Waals surface area contributed by atoms with Gasteiger partial charge in [0.05, 0.1) is 12.7 Å². The zero-order chi connectivity index (χ0) is 50.2. The Labute approximate surface area is 398 Å². The number of aliphatic hydroxyl groups excluding tert-OH is 1. The van der Waals surface area contributed by atoms with Crippen LogP contribution in [0.3, 0.4) is 0 Å². The minimum absolute atomic E-state index is 0.0182. The Balaban J connectivity index is 1.58. The highest BCUT2D eigenvalue weighted by Crippen LogP contribution is 2.42. The van der Waals surface area contributed by atoms with Gasteiger partial charge in [-0.05, 0) is 82.1 Å². The molecule has 6 amide bonds. The number of carbonyl (C=O) groups is 7. The molecule has 0 saturated carbocycles. The quantitative estimate of drug-likeness (QED) is 0.109. The molecule has 0 aliphatic carbocycles. The molecule has 5 rings (SSSR count). The lowest BCUT2D eigenvalue weighted by molar-refractivity contribution is -0.330. The van der Waals surface area contributed by atoms with Gasteiger partial charge in [-0.15, -0.1) is 0 Å². The Bertz CT molecular complexity index is 1960. The third-order valence-electron chi connectivity index (χ3n) is 14.3. The lowest BCUT2D eigenvalue weighted by Crippen LogP contribution is -2.71. The minimum Gasteiger partial charge on any atom is -0.458 e. The monoisotopic (exact) mass is 959 g/mol. The van der Waals surface area contributed by atoms with Crippen molar-refractivity contribution in [2.24, 2.45) is 17.8 Å². The number of ether oxygens (including phenoxy) is 2. The maximum atomic E-state index is 15.1. The topological polar surface area (TPSA) is 280 Å². The molecular weight excluding hydrogens is 885 g/mol. The second kappa shape index (κ2) is 23.2. The zero-order valence-corrected chi connectivity index (χ0v) is 40.7. The Morgan fingerprint density at radius 1 is 0.912 bits per heavy atom. The zero-order valence-electron chi connectivity index (χ0n) is 40.7. The SMILES string of the molecule is CCC(C)CC1CCC(O)(C(O)(CC)C(=O)NC2C(=O)N3NCCC[C@H]3C(=O)N(O)[C@@H](C)C(=O)N(C)C(Cc3ccccc3)C(=O)N3NCCC[C@H]3C(=O)NC(CO)C(=O)OC2C(C)C)OC1C. The van der Waals surface area contributed by atoms with Crippen LogP contribution in [0.1, 0.15) is 112 Å². The Morgan fingerprint density at radius 2 is 1.53 bits per heavy atom. The highest BCUT2D eigenvalue weighted by molar-refractivity contribution is 5.97. The lowest BCUT2D eigenvalue weighted by Gasteiger charge is -2.48. The van der Waals surface area contributed by atoms with E-state index in [-0.39, 0.29) is 49.8 Å². The number of likely N-dealkylation sites (N-methyl/N-ethyl adjacent to an activating group) is 1. The van der Waals surface area contributed by atoms with Gasteiger partial charge in [0.25, 0.3) is 23.6 Å². The van der Waals surface area contributed by atoms with Gasteiger partial charge in [-0.3, -0.25) is 44.0 Å². The number of nitrogens with one attached hydrogen (secondary N) is 4. The van der Waals surface area contributed by atoms with E-state index in [0.717, 1.165) is 27.8 Å². The fourth-order valence-electron chi connectivity index (χ4n) is 9.63. The molecule has 12 atom stereocenters. The molecule has 0 aromatic heterocycles. The molecule has 380 valence electrons. The Kier molecular flexibility index (Phi) is 18.5. The number of hydrazine groups is 2. The van der Waals surface area contributed by atoms with Gasteiger partial charge in [0.1, 0.15) is 36.3 Å². The van der Waals surface area contributed by atoms with Crippen molar-refractivity contribution in [1.29, 1.82) is 0 Å². The summed E-state index contributed by atoms with van der Waals surface area (Å²) in [6.07, 6.45) is 0.127. The average molecular weight is 959 g/mol. The largest absolute Gasteiger partial charge is 0.458 e. The summed E-state index contributed by atoms with van der Waals surface area (Å²) in [7, 11) is 1.33. The average Bonchev–Trinajstić information content (AvgIpc) is 3.34. The molecule has 21 heteroatoms. The van der Waals surface area contributed by atoms with Crippen molar-refractivity contribution in [3.05, 3.63) is 35.9 Å². The third-order valence-corrected chi connectivity index (χ3v) is 14.3. The predicted molar refractivity (Wildman–Crippen MR) is 244 cm³/mol. The smallest absolute Gasteiger partial charge is 0.331 e. The number of hydrogen-bond acceptors (Lipinski definition) is 15. The molecule has 4 heterocycles. The Morgan fingerprint density at radius 3 is 2.10 bits per heavy atom. The summed E-state index contributed by atoms with van der Waals surface area (Å²) in [5.41, 5.74) is 3.78. The van der Waals surface area contributed by atoms with Crippen molar-refractivity contribution in [3.8, 4) is 0 Å². The second-order valence-corrected chi connectivity index (χ2v) is 19.3. The van der Waals surface area contributed by atoms with Crippen molar-refractivity contribution in [2.45, 2.75) is 173 Å². The van der Waals surface area contributed by atoms with Gasteiger partial charge in [0.2, 0.25) is 17.6 Å². The van der Waals surface area contributed by atoms with E-state index < -0.39 is 120 Å². The van der Waals surface area contributed by atoms with Gasteiger partial charge in [0.15, 0.2) is 11.6 Å². The number of amides is 6. The van der Waals surface area contributed by atoms with Crippen LogP contribution in [-0.4, -0.2) is 169 Å². The lowest BCUT2D eigenvalue weighted by atomic mass is 9.77. The van der Waals surface area contributed by atoms with Gasteiger partial charge in [0, 0.05) is 33.0 Å². The van der Waals surface area contributed by atoms with Crippen molar-refractivity contribution < 1.29 is 63.6 Å². The van der Waals surface area contributed by atoms with E-state index in [1.807, 2.05) is 0 Å². The molecule has 4 saturated heterocycles. The van der Waals surface area contributed by atoms with E-state index in [1.54, 1.807) is 51.1 Å². The number of fused-ring (bicyclic) bond motifs is 2. The number of cyclic esters (lactones) is 1. The molecule has 1 aromatic rings. The maximum absolute atomic E-state index is 15.1.